The minimum atomic E-state index is -0.0361. The molecule has 0 saturated carbocycles. The van der Waals surface area contributed by atoms with E-state index in [1.54, 1.807) is 6.07 Å². The van der Waals surface area contributed by atoms with Crippen LogP contribution < -0.4 is 5.56 Å². The molecule has 0 atom stereocenters. The molecule has 2 aromatic heterocycles. The Morgan fingerprint density at radius 3 is 2.79 bits per heavy atom. The molecule has 4 aromatic rings. The van der Waals surface area contributed by atoms with Crippen LogP contribution >= 0.6 is 22.9 Å². The van der Waals surface area contributed by atoms with Gasteiger partial charge in [0.15, 0.2) is 0 Å². The maximum absolute atomic E-state index is 12.2. The summed E-state index contributed by atoms with van der Waals surface area (Å²) in [6, 6.07) is 13.6. The van der Waals surface area contributed by atoms with Crippen molar-refractivity contribution in [2.45, 2.75) is 0 Å². The number of rotatable bonds is 0. The SMILES string of the molecule is O=c1[nH]c2ccc(Cl)cc2c2c1sc1ccccc12. The Bertz CT molecular complexity index is 999. The maximum Gasteiger partial charge on any atom is 0.266 e. The molecule has 0 amide bonds. The number of benzene rings is 2. The average Bonchev–Trinajstić information content (AvgIpc) is 2.80. The average molecular weight is 286 g/mol. The lowest BCUT2D eigenvalue weighted by atomic mass is 10.1. The van der Waals surface area contributed by atoms with Crippen LogP contribution in [0.25, 0.3) is 31.1 Å². The normalized spacial score (nSPS) is 11.6. The lowest BCUT2D eigenvalue weighted by molar-refractivity contribution is 1.36. The van der Waals surface area contributed by atoms with Crippen molar-refractivity contribution in [2.24, 2.45) is 0 Å². The molecular formula is C15H8ClNOS. The topological polar surface area (TPSA) is 32.9 Å². The zero-order valence-electron chi connectivity index (χ0n) is 9.74. The first-order chi connectivity index (χ1) is 9.24. The van der Waals surface area contributed by atoms with Crippen LogP contribution in [0, 0.1) is 0 Å². The van der Waals surface area contributed by atoms with E-state index in [4.69, 9.17) is 11.6 Å². The number of halogens is 1. The molecule has 0 unspecified atom stereocenters. The van der Waals surface area contributed by atoms with Crippen molar-refractivity contribution in [2.75, 3.05) is 0 Å². The van der Waals surface area contributed by atoms with Gasteiger partial charge in [0.2, 0.25) is 0 Å². The van der Waals surface area contributed by atoms with Gasteiger partial charge >= 0.3 is 0 Å². The van der Waals surface area contributed by atoms with Crippen molar-refractivity contribution in [1.82, 2.24) is 4.98 Å². The Hall–Kier alpha value is -1.84. The smallest absolute Gasteiger partial charge is 0.266 e. The summed E-state index contributed by atoms with van der Waals surface area (Å²) < 4.78 is 1.88. The second-order valence-electron chi connectivity index (χ2n) is 4.45. The van der Waals surface area contributed by atoms with Gasteiger partial charge in [-0.1, -0.05) is 29.8 Å². The summed E-state index contributed by atoms with van der Waals surface area (Å²) in [7, 11) is 0. The Kier molecular flexibility index (Phi) is 2.22. The predicted octanol–water partition coefficient (Wildman–Crippen LogP) is 4.55. The van der Waals surface area contributed by atoms with E-state index in [9.17, 15) is 4.79 Å². The molecule has 4 rings (SSSR count). The highest BCUT2D eigenvalue weighted by Gasteiger charge is 2.12. The minimum absolute atomic E-state index is 0.0361. The molecule has 2 aromatic carbocycles. The summed E-state index contributed by atoms with van der Waals surface area (Å²) in [5, 5.41) is 3.79. The Morgan fingerprint density at radius 2 is 1.89 bits per heavy atom. The third kappa shape index (κ3) is 1.52. The van der Waals surface area contributed by atoms with Gasteiger partial charge in [-0.15, -0.1) is 11.3 Å². The summed E-state index contributed by atoms with van der Waals surface area (Å²) in [4.78, 5) is 15.1. The van der Waals surface area contributed by atoms with Crippen LogP contribution in [-0.2, 0) is 0 Å². The zero-order chi connectivity index (χ0) is 13.0. The van der Waals surface area contributed by atoms with Crippen LogP contribution in [0.2, 0.25) is 5.02 Å². The van der Waals surface area contributed by atoms with Gasteiger partial charge in [0.25, 0.3) is 5.56 Å². The second-order valence-corrected chi connectivity index (χ2v) is 5.94. The minimum Gasteiger partial charge on any atom is -0.321 e. The van der Waals surface area contributed by atoms with Gasteiger partial charge in [-0.25, -0.2) is 0 Å². The molecule has 0 bridgehead atoms. The largest absolute Gasteiger partial charge is 0.321 e. The third-order valence-corrected chi connectivity index (χ3v) is 4.71. The van der Waals surface area contributed by atoms with Gasteiger partial charge in [0.1, 0.15) is 4.70 Å². The fourth-order valence-corrected chi connectivity index (χ4v) is 3.77. The Labute approximate surface area is 117 Å². The van der Waals surface area contributed by atoms with Crippen molar-refractivity contribution in [3.63, 3.8) is 0 Å². The molecule has 0 radical (unpaired) electrons. The van der Waals surface area contributed by atoms with Gasteiger partial charge < -0.3 is 4.98 Å². The maximum atomic E-state index is 12.2. The van der Waals surface area contributed by atoms with E-state index in [1.165, 1.54) is 11.3 Å². The molecule has 0 aliphatic heterocycles. The van der Waals surface area contributed by atoms with E-state index < -0.39 is 0 Å². The van der Waals surface area contributed by atoms with E-state index in [0.29, 0.717) is 5.02 Å². The van der Waals surface area contributed by atoms with Crippen molar-refractivity contribution in [3.8, 4) is 0 Å². The fraction of sp³-hybridized carbons (Fsp3) is 0. The van der Waals surface area contributed by atoms with E-state index >= 15 is 0 Å². The van der Waals surface area contributed by atoms with Crippen LogP contribution in [0.4, 0.5) is 0 Å². The molecule has 2 heterocycles. The summed E-state index contributed by atoms with van der Waals surface area (Å²) in [6.07, 6.45) is 0. The first kappa shape index (κ1) is 11.0. The molecule has 0 fully saturated rings. The van der Waals surface area contributed by atoms with Crippen molar-refractivity contribution < 1.29 is 0 Å². The standard InChI is InChI=1S/C15H8ClNOS/c16-8-5-6-11-10(7-8)13-9-3-1-2-4-12(9)19-14(13)15(18)17-11/h1-7H,(H,17,18). The van der Waals surface area contributed by atoms with Crippen LogP contribution in [0.1, 0.15) is 0 Å². The summed E-state index contributed by atoms with van der Waals surface area (Å²) >= 11 is 7.61. The molecule has 0 saturated heterocycles. The number of nitrogens with one attached hydrogen (secondary N) is 1. The molecule has 4 heteroatoms. The second kappa shape index (κ2) is 3.83. The predicted molar refractivity (Wildman–Crippen MR) is 82.5 cm³/mol. The first-order valence-corrected chi connectivity index (χ1v) is 7.06. The monoisotopic (exact) mass is 285 g/mol. The zero-order valence-corrected chi connectivity index (χ0v) is 11.3. The van der Waals surface area contributed by atoms with Crippen LogP contribution in [0.3, 0.4) is 0 Å². The van der Waals surface area contributed by atoms with Gasteiger partial charge in [-0.3, -0.25) is 4.79 Å². The number of pyridine rings is 1. The molecule has 0 aliphatic carbocycles. The van der Waals surface area contributed by atoms with Crippen LogP contribution in [0.15, 0.2) is 47.3 Å². The summed E-state index contributed by atoms with van der Waals surface area (Å²) in [6.45, 7) is 0. The van der Waals surface area contributed by atoms with Gasteiger partial charge in [0.05, 0.1) is 0 Å². The Morgan fingerprint density at radius 1 is 1.05 bits per heavy atom. The van der Waals surface area contributed by atoms with E-state index in [0.717, 1.165) is 31.1 Å². The number of hydrogen-bond acceptors (Lipinski definition) is 2. The number of fused-ring (bicyclic) bond motifs is 5. The lowest BCUT2D eigenvalue weighted by Crippen LogP contribution is -2.03. The highest BCUT2D eigenvalue weighted by Crippen LogP contribution is 2.36. The van der Waals surface area contributed by atoms with E-state index in [-0.39, 0.29) is 5.56 Å². The lowest BCUT2D eigenvalue weighted by Gasteiger charge is -2.01. The first-order valence-electron chi connectivity index (χ1n) is 5.87. The summed E-state index contributed by atoms with van der Waals surface area (Å²) in [5.74, 6) is 0. The highest BCUT2D eigenvalue weighted by molar-refractivity contribution is 7.26. The number of aromatic nitrogens is 1. The van der Waals surface area contributed by atoms with E-state index in [1.807, 2.05) is 36.4 Å². The van der Waals surface area contributed by atoms with Crippen LogP contribution in [0.5, 0.6) is 0 Å². The van der Waals surface area contributed by atoms with Crippen molar-refractivity contribution in [1.29, 1.82) is 0 Å². The molecule has 2 nitrogen and oxygen atoms in total. The highest BCUT2D eigenvalue weighted by atomic mass is 35.5. The molecular weight excluding hydrogens is 278 g/mol. The third-order valence-electron chi connectivity index (χ3n) is 3.30. The molecule has 92 valence electrons. The fourth-order valence-electron chi connectivity index (χ4n) is 2.48. The van der Waals surface area contributed by atoms with Crippen molar-refractivity contribution in [3.05, 3.63) is 57.8 Å². The summed E-state index contributed by atoms with van der Waals surface area (Å²) in [5.41, 5.74) is 0.788. The molecule has 19 heavy (non-hydrogen) atoms. The number of thiophene rings is 1. The van der Waals surface area contributed by atoms with Gasteiger partial charge in [-0.2, -0.15) is 0 Å². The molecule has 0 aliphatic rings. The molecule has 1 N–H and O–H groups in total. The van der Waals surface area contributed by atoms with Gasteiger partial charge in [-0.05, 0) is 24.3 Å². The number of hydrogen-bond donors (Lipinski definition) is 1. The number of aromatic amines is 1. The van der Waals surface area contributed by atoms with Gasteiger partial charge in [0, 0.05) is 31.4 Å². The Balaban J connectivity index is 2.42. The van der Waals surface area contributed by atoms with Crippen LogP contribution in [-0.4, -0.2) is 4.98 Å². The van der Waals surface area contributed by atoms with E-state index in [2.05, 4.69) is 4.98 Å². The van der Waals surface area contributed by atoms with Crippen molar-refractivity contribution >= 4 is 54.0 Å². The number of H-pyrrole nitrogens is 1. The quantitative estimate of drug-likeness (QED) is 0.505. The molecule has 0 spiro atoms.